The van der Waals surface area contributed by atoms with E-state index in [-0.39, 0.29) is 24.4 Å². The lowest BCUT2D eigenvalue weighted by molar-refractivity contribution is -0.135. The molecule has 6 heteroatoms. The molecule has 2 aromatic carbocycles. The molecule has 6 nitrogen and oxygen atoms in total. The van der Waals surface area contributed by atoms with E-state index < -0.39 is 5.54 Å². The van der Waals surface area contributed by atoms with Crippen LogP contribution in [0.3, 0.4) is 0 Å². The van der Waals surface area contributed by atoms with Crippen LogP contribution in [0, 0.1) is 0 Å². The molecule has 33 heavy (non-hydrogen) atoms. The molecule has 172 valence electrons. The maximum absolute atomic E-state index is 13.7. The summed E-state index contributed by atoms with van der Waals surface area (Å²) in [5.74, 6) is 0.357. The first-order valence-electron chi connectivity index (χ1n) is 11.2. The number of carbonyl (C=O) groups excluding carboxylic acids is 2. The van der Waals surface area contributed by atoms with Gasteiger partial charge in [-0.05, 0) is 56.7 Å². The van der Waals surface area contributed by atoms with Crippen molar-refractivity contribution in [3.05, 3.63) is 89.7 Å². The first-order chi connectivity index (χ1) is 15.8. The van der Waals surface area contributed by atoms with E-state index in [0.717, 1.165) is 17.8 Å². The maximum Gasteiger partial charge on any atom is 0.254 e. The van der Waals surface area contributed by atoms with Crippen molar-refractivity contribution in [2.75, 3.05) is 20.2 Å². The third-order valence-electron chi connectivity index (χ3n) is 6.14. The Morgan fingerprint density at radius 1 is 1.00 bits per heavy atom. The monoisotopic (exact) mass is 445 g/mol. The van der Waals surface area contributed by atoms with Crippen LogP contribution in [0.2, 0.25) is 0 Å². The van der Waals surface area contributed by atoms with Crippen LogP contribution in [0.4, 0.5) is 0 Å². The summed E-state index contributed by atoms with van der Waals surface area (Å²) in [7, 11) is 1.57. The first kappa shape index (κ1) is 22.6. The minimum Gasteiger partial charge on any atom is -0.497 e. The predicted octanol–water partition coefficient (Wildman–Crippen LogP) is 4.37. The zero-order valence-corrected chi connectivity index (χ0v) is 19.7. The lowest BCUT2D eigenvalue weighted by Gasteiger charge is -2.41. The number of methoxy groups -OCH3 is 1. The second-order valence-electron chi connectivity index (χ2n) is 9.32. The molecule has 0 aliphatic carbocycles. The topological polar surface area (TPSA) is 54.8 Å². The predicted molar refractivity (Wildman–Crippen MR) is 128 cm³/mol. The van der Waals surface area contributed by atoms with Crippen LogP contribution < -0.4 is 4.74 Å². The zero-order valence-electron chi connectivity index (χ0n) is 19.7. The second-order valence-corrected chi connectivity index (χ2v) is 9.32. The number of aromatic nitrogens is 1. The SMILES string of the molecule is COc1cccc(C(=O)N(CC(=O)N2CCn3cccc3C2c2ccccc2)C(C)(C)C)c1. The van der Waals surface area contributed by atoms with Crippen LogP contribution in [0.25, 0.3) is 0 Å². The van der Waals surface area contributed by atoms with Gasteiger partial charge in [0.15, 0.2) is 0 Å². The molecule has 4 rings (SSSR count). The Kier molecular flexibility index (Phi) is 6.27. The van der Waals surface area contributed by atoms with Crippen molar-refractivity contribution in [2.45, 2.75) is 38.9 Å². The highest BCUT2D eigenvalue weighted by molar-refractivity contribution is 5.97. The maximum atomic E-state index is 13.7. The lowest BCUT2D eigenvalue weighted by Crippen LogP contribution is -2.53. The van der Waals surface area contributed by atoms with Gasteiger partial charge in [-0.1, -0.05) is 36.4 Å². The summed E-state index contributed by atoms with van der Waals surface area (Å²) >= 11 is 0. The van der Waals surface area contributed by atoms with Crippen molar-refractivity contribution in [3.63, 3.8) is 0 Å². The Morgan fingerprint density at radius 3 is 2.45 bits per heavy atom. The molecule has 0 radical (unpaired) electrons. The molecule has 1 unspecified atom stereocenters. The third-order valence-corrected chi connectivity index (χ3v) is 6.14. The van der Waals surface area contributed by atoms with E-state index >= 15 is 0 Å². The van der Waals surface area contributed by atoms with Crippen molar-refractivity contribution in [1.82, 2.24) is 14.4 Å². The molecule has 0 bridgehead atoms. The summed E-state index contributed by atoms with van der Waals surface area (Å²) in [6.07, 6.45) is 2.06. The number of rotatable bonds is 5. The Labute approximate surface area is 195 Å². The van der Waals surface area contributed by atoms with Gasteiger partial charge in [-0.2, -0.15) is 0 Å². The summed E-state index contributed by atoms with van der Waals surface area (Å²) in [5.41, 5.74) is 2.12. The number of hydrogen-bond donors (Lipinski definition) is 0. The Bertz CT molecular complexity index is 1130. The molecular formula is C27H31N3O3. The van der Waals surface area contributed by atoms with Gasteiger partial charge >= 0.3 is 0 Å². The van der Waals surface area contributed by atoms with Crippen LogP contribution in [0.1, 0.15) is 48.4 Å². The van der Waals surface area contributed by atoms with Crippen LogP contribution in [-0.4, -0.2) is 51.9 Å². The van der Waals surface area contributed by atoms with E-state index in [1.165, 1.54) is 0 Å². The molecule has 2 amide bonds. The Balaban J connectivity index is 1.64. The summed E-state index contributed by atoms with van der Waals surface area (Å²) in [4.78, 5) is 30.8. The van der Waals surface area contributed by atoms with Gasteiger partial charge in [-0.3, -0.25) is 9.59 Å². The van der Waals surface area contributed by atoms with Crippen LogP contribution >= 0.6 is 0 Å². The molecule has 1 aliphatic rings. The third kappa shape index (κ3) is 4.65. The van der Waals surface area contributed by atoms with Crippen molar-refractivity contribution >= 4 is 11.8 Å². The van der Waals surface area contributed by atoms with Crippen molar-refractivity contribution < 1.29 is 14.3 Å². The molecule has 1 aliphatic heterocycles. The molecule has 1 atom stereocenters. The van der Waals surface area contributed by atoms with E-state index in [9.17, 15) is 9.59 Å². The molecule has 0 saturated carbocycles. The largest absolute Gasteiger partial charge is 0.497 e. The van der Waals surface area contributed by atoms with Gasteiger partial charge in [0.25, 0.3) is 5.91 Å². The van der Waals surface area contributed by atoms with Crippen LogP contribution in [0.15, 0.2) is 72.9 Å². The highest BCUT2D eigenvalue weighted by Crippen LogP contribution is 2.33. The standard InChI is InChI=1S/C27H31N3O3/c1-27(2,3)30(26(32)21-12-8-13-22(18-21)33-4)19-24(31)29-17-16-28-15-9-14-23(28)25(29)20-10-6-5-7-11-20/h5-15,18,25H,16-17,19H2,1-4H3. The average Bonchev–Trinajstić information content (AvgIpc) is 3.30. The number of benzene rings is 2. The first-order valence-corrected chi connectivity index (χ1v) is 11.2. The molecule has 1 aromatic heterocycles. The number of amides is 2. The number of ether oxygens (including phenoxy) is 1. The summed E-state index contributed by atoms with van der Waals surface area (Å²) in [6.45, 7) is 7.18. The highest BCUT2D eigenvalue weighted by atomic mass is 16.5. The zero-order chi connectivity index (χ0) is 23.6. The smallest absolute Gasteiger partial charge is 0.254 e. The molecule has 2 heterocycles. The van der Waals surface area contributed by atoms with E-state index in [1.54, 1.807) is 36.3 Å². The molecule has 0 spiro atoms. The summed E-state index contributed by atoms with van der Waals surface area (Å²) < 4.78 is 7.49. The molecule has 0 saturated heterocycles. The fraction of sp³-hybridized carbons (Fsp3) is 0.333. The van der Waals surface area contributed by atoms with Crippen LogP contribution in [-0.2, 0) is 11.3 Å². The van der Waals surface area contributed by atoms with Gasteiger partial charge in [-0.15, -0.1) is 0 Å². The van der Waals surface area contributed by atoms with Gasteiger partial charge in [0.1, 0.15) is 12.3 Å². The van der Waals surface area contributed by atoms with E-state index in [0.29, 0.717) is 17.9 Å². The number of nitrogens with zero attached hydrogens (tertiary/aromatic N) is 3. The molecule has 3 aromatic rings. The number of hydrogen-bond acceptors (Lipinski definition) is 3. The van der Waals surface area contributed by atoms with Gasteiger partial charge in [0, 0.05) is 36.1 Å². The Hall–Kier alpha value is -3.54. The highest BCUT2D eigenvalue weighted by Gasteiger charge is 2.36. The Morgan fingerprint density at radius 2 is 1.76 bits per heavy atom. The van der Waals surface area contributed by atoms with Gasteiger partial charge in [0.2, 0.25) is 5.91 Å². The van der Waals surface area contributed by atoms with Crippen LogP contribution in [0.5, 0.6) is 5.75 Å². The summed E-state index contributed by atoms with van der Waals surface area (Å²) in [5, 5.41) is 0. The summed E-state index contributed by atoms with van der Waals surface area (Å²) in [6, 6.07) is 21.0. The molecular weight excluding hydrogens is 414 g/mol. The second kappa shape index (κ2) is 9.14. The number of fused-ring (bicyclic) bond motifs is 1. The van der Waals surface area contributed by atoms with Gasteiger partial charge in [-0.25, -0.2) is 0 Å². The van der Waals surface area contributed by atoms with Gasteiger partial charge in [0.05, 0.1) is 13.2 Å². The van der Waals surface area contributed by atoms with Crippen molar-refractivity contribution in [3.8, 4) is 5.75 Å². The fourth-order valence-corrected chi connectivity index (χ4v) is 4.39. The van der Waals surface area contributed by atoms with E-state index in [4.69, 9.17) is 4.74 Å². The van der Waals surface area contributed by atoms with E-state index in [1.807, 2.05) is 49.9 Å². The van der Waals surface area contributed by atoms with Crippen molar-refractivity contribution in [2.24, 2.45) is 0 Å². The molecule has 0 fully saturated rings. The quantitative estimate of drug-likeness (QED) is 0.586. The molecule has 0 N–H and O–H groups in total. The number of carbonyl (C=O) groups is 2. The average molecular weight is 446 g/mol. The lowest BCUT2D eigenvalue weighted by atomic mass is 9.99. The normalized spacial score (nSPS) is 15.6. The van der Waals surface area contributed by atoms with Gasteiger partial charge < -0.3 is 19.1 Å². The fourth-order valence-electron chi connectivity index (χ4n) is 4.39. The minimum absolute atomic E-state index is 0.00356. The van der Waals surface area contributed by atoms with E-state index in [2.05, 4.69) is 29.0 Å². The minimum atomic E-state index is -0.534. The van der Waals surface area contributed by atoms with Crippen molar-refractivity contribution in [1.29, 1.82) is 0 Å².